The van der Waals surface area contributed by atoms with Crippen LogP contribution in [-0.4, -0.2) is 251 Å². The number of methoxy groups -OCH3 is 1. The number of phenolic OH excluding ortho intramolecular Hbond substituents is 3. The van der Waals surface area contributed by atoms with Crippen LogP contribution in [0.5, 0.6) is 23.0 Å². The average molecular weight is 1490 g/mol. The van der Waals surface area contributed by atoms with E-state index >= 15 is 0 Å². The van der Waals surface area contributed by atoms with Gasteiger partial charge < -0.3 is 129 Å². The number of hydrogen-bond donors (Lipinski definition) is 21. The molecule has 0 spiro atoms. The summed E-state index contributed by atoms with van der Waals surface area (Å²) in [6.45, 7) is 12.5. The van der Waals surface area contributed by atoms with Crippen LogP contribution in [0.1, 0.15) is 98.5 Å². The second-order valence-electron chi connectivity index (χ2n) is 26.6. The fourth-order valence-corrected chi connectivity index (χ4v) is 11.9. The van der Waals surface area contributed by atoms with Gasteiger partial charge in [0.1, 0.15) is 77.1 Å². The summed E-state index contributed by atoms with van der Waals surface area (Å²) in [5.41, 5.74) is 2.74. The number of Topliss-reactive ketones (excluding diaryl/α,β-unsaturated/α-hetero) is 2. The first-order valence-corrected chi connectivity index (χ1v) is 33.2. The summed E-state index contributed by atoms with van der Waals surface area (Å²) in [6, 6.07) is -13.5. The number of nitrogens with two attached hydrogens (primary N) is 1. The van der Waals surface area contributed by atoms with E-state index in [1.165, 1.54) is 59.1 Å². The van der Waals surface area contributed by atoms with Gasteiger partial charge in [0.25, 0.3) is 23.5 Å². The Morgan fingerprint density at radius 1 is 0.752 bits per heavy atom. The summed E-state index contributed by atoms with van der Waals surface area (Å²) in [5.74, 6) is -29.8. The Kier molecular flexibility index (Phi) is 29.4. The van der Waals surface area contributed by atoms with Crippen LogP contribution in [0.4, 0.5) is 11.4 Å². The van der Waals surface area contributed by atoms with Crippen molar-refractivity contribution in [2.24, 2.45) is 41.2 Å². The Labute approximate surface area is 600 Å². The minimum atomic E-state index is -2.77. The number of benzene rings is 2. The minimum absolute atomic E-state index is 0.136. The van der Waals surface area contributed by atoms with Crippen LogP contribution < -0.4 is 58.3 Å². The van der Waals surface area contributed by atoms with Gasteiger partial charge in [-0.2, -0.15) is 0 Å². The van der Waals surface area contributed by atoms with Crippen molar-refractivity contribution in [2.75, 3.05) is 37.4 Å². The van der Waals surface area contributed by atoms with E-state index in [-0.39, 0.29) is 11.1 Å². The quantitative estimate of drug-likeness (QED) is 0.0367. The number of primary amides is 1. The van der Waals surface area contributed by atoms with Crippen molar-refractivity contribution in [3.63, 3.8) is 0 Å². The van der Waals surface area contributed by atoms with E-state index in [1.54, 1.807) is 33.0 Å². The van der Waals surface area contributed by atoms with Gasteiger partial charge in [0.15, 0.2) is 17.6 Å². The number of nitrogens with one attached hydrogen (secondary N) is 9. The maximum absolute atomic E-state index is 14.9. The van der Waals surface area contributed by atoms with Crippen LogP contribution in [0.25, 0.3) is 10.8 Å². The molecule has 1 fully saturated rings. The molecule has 580 valence electrons. The monoisotopic (exact) mass is 1490 g/mol. The van der Waals surface area contributed by atoms with Crippen LogP contribution in [0, 0.1) is 42.4 Å². The van der Waals surface area contributed by atoms with Crippen LogP contribution in [0.3, 0.4) is 0 Å². The number of allylic oxidation sites excluding steroid dienone is 2. The number of ether oxygens (including phenoxy) is 4. The molecule has 38 heteroatoms. The normalized spacial score (nSPS) is 30.6. The Bertz CT molecular complexity index is 3790. The van der Waals surface area contributed by atoms with Gasteiger partial charge in [-0.05, 0) is 39.7 Å². The summed E-state index contributed by atoms with van der Waals surface area (Å²) in [4.78, 5) is 178. The summed E-state index contributed by atoms with van der Waals surface area (Å²) < 4.78 is 23.6. The number of phenols is 3. The number of esters is 1. The third kappa shape index (κ3) is 19.9. The molecule has 2 aromatic carbocycles. The first-order chi connectivity index (χ1) is 48.9. The number of aromatic hydroxyl groups is 3. The molecule has 2 aromatic rings. The Balaban J connectivity index is 1.63. The van der Waals surface area contributed by atoms with Crippen molar-refractivity contribution in [1.29, 1.82) is 0 Å². The number of aliphatic hydroxyl groups is 7. The zero-order chi connectivity index (χ0) is 79.5. The number of carbonyl (C=O) groups excluding carboxylic acids is 12. The minimum Gasteiger partial charge on any atom is -0.507 e. The molecule has 9 amide bonds. The fraction of sp³-hybridized carbons (Fsp3) is 0.567. The number of amides is 9. The number of rotatable bonds is 14. The molecule has 105 heavy (non-hydrogen) atoms. The smallest absolute Gasteiger partial charge is 0.336 e. The molecule has 4 aliphatic heterocycles. The number of aliphatic hydroxyl groups excluding tert-OH is 7. The highest BCUT2D eigenvalue weighted by molar-refractivity contribution is 6.24. The Morgan fingerprint density at radius 2 is 1.37 bits per heavy atom. The number of carboxylic acid groups (broad SMARTS) is 1. The molecule has 5 bridgehead atoms. The molecular weight excluding hydrogens is 1390 g/mol. The van der Waals surface area contributed by atoms with Crippen LogP contribution in [0.2, 0.25) is 0 Å². The van der Waals surface area contributed by atoms with Gasteiger partial charge in [-0.15, -0.1) is 0 Å². The SMILES string of the molecule is CO[C@H]1/C=C/O[C@@]2(C)Oc3c(C)c(O)c4c(O)c(c(NC(C)C(=O)NCC5NC(=O)C(C(=O)O)NC(=O)C(O)CNC(=O)C(C(C)O)NC(=O)C(C(O)C(O)C(N)=O)NC(=O)C(C(C)C)CC(=O)C(CO)NC5=O)c(O)c4c3C2=O)NC(=O)/C(C)=C\C=C\[C@H](C)[C@H](O)[C@@H](C)[C@@H](O)[C@@H](C)[C@H](OC(C)=O)[C@@H]1C. The largest absolute Gasteiger partial charge is 0.507 e. The zero-order valence-corrected chi connectivity index (χ0v) is 59.7. The van der Waals surface area contributed by atoms with E-state index in [9.17, 15) is 119 Å². The predicted molar refractivity (Wildman–Crippen MR) is 364 cm³/mol. The molecule has 4 heterocycles. The molecule has 11 unspecified atom stereocenters. The third-order valence-corrected chi connectivity index (χ3v) is 18.5. The third-order valence-electron chi connectivity index (χ3n) is 18.5. The number of ketones is 2. The average Bonchev–Trinajstić information content (AvgIpc) is 1.62. The lowest BCUT2D eigenvalue weighted by Gasteiger charge is -2.38. The highest BCUT2D eigenvalue weighted by atomic mass is 16.7. The molecule has 0 radical (unpaired) electrons. The van der Waals surface area contributed by atoms with Gasteiger partial charge in [-0.25, -0.2) is 4.79 Å². The van der Waals surface area contributed by atoms with E-state index in [0.717, 1.165) is 34.0 Å². The molecule has 0 aliphatic carbocycles. The van der Waals surface area contributed by atoms with E-state index < -0.39 is 280 Å². The molecule has 20 atom stereocenters. The van der Waals surface area contributed by atoms with Crippen molar-refractivity contribution < 1.29 is 137 Å². The Hall–Kier alpha value is -10.1. The van der Waals surface area contributed by atoms with Crippen molar-refractivity contribution >= 4 is 98.8 Å². The number of anilines is 2. The Morgan fingerprint density at radius 3 is 1.94 bits per heavy atom. The first kappa shape index (κ1) is 85.6. The maximum Gasteiger partial charge on any atom is 0.336 e. The van der Waals surface area contributed by atoms with Crippen LogP contribution in [-0.2, 0) is 71.7 Å². The second-order valence-corrected chi connectivity index (χ2v) is 26.6. The van der Waals surface area contributed by atoms with Gasteiger partial charge in [0.05, 0.1) is 54.8 Å². The fourth-order valence-electron chi connectivity index (χ4n) is 11.9. The summed E-state index contributed by atoms with van der Waals surface area (Å²) in [7, 11) is 1.32. The van der Waals surface area contributed by atoms with Crippen molar-refractivity contribution in [2.45, 2.75) is 180 Å². The summed E-state index contributed by atoms with van der Waals surface area (Å²) >= 11 is 0. The van der Waals surface area contributed by atoms with Crippen molar-refractivity contribution in [3.05, 3.63) is 47.3 Å². The van der Waals surface area contributed by atoms with Gasteiger partial charge in [0, 0.05) is 80.0 Å². The van der Waals surface area contributed by atoms with Crippen LogP contribution in [0.15, 0.2) is 36.1 Å². The van der Waals surface area contributed by atoms with E-state index in [1.807, 2.05) is 16.0 Å². The van der Waals surface area contributed by atoms with Crippen molar-refractivity contribution in [1.82, 2.24) is 37.2 Å². The number of fused-ring (bicyclic) bond motifs is 14. The number of hydrogen-bond acceptors (Lipinski definition) is 28. The van der Waals surface area contributed by atoms with E-state index in [0.29, 0.717) is 0 Å². The molecular formula is C67H94N10O28. The van der Waals surface area contributed by atoms with E-state index in [2.05, 4.69) is 26.6 Å². The molecule has 0 aromatic heterocycles. The summed E-state index contributed by atoms with van der Waals surface area (Å²) in [5, 5.41) is 141. The highest BCUT2D eigenvalue weighted by Crippen LogP contribution is 2.57. The number of aliphatic carboxylic acids is 1. The lowest BCUT2D eigenvalue weighted by Crippen LogP contribution is -2.64. The lowest BCUT2D eigenvalue weighted by molar-refractivity contribution is -0.160. The van der Waals surface area contributed by atoms with Crippen molar-refractivity contribution in [3.8, 4) is 23.0 Å². The predicted octanol–water partition coefficient (Wildman–Crippen LogP) is -4.52. The number of carboxylic acids is 1. The second kappa shape index (κ2) is 36.1. The highest BCUT2D eigenvalue weighted by Gasteiger charge is 2.51. The van der Waals surface area contributed by atoms with Gasteiger partial charge >= 0.3 is 17.7 Å². The van der Waals surface area contributed by atoms with Gasteiger partial charge in [-0.1, -0.05) is 59.8 Å². The van der Waals surface area contributed by atoms with Crippen LogP contribution >= 0.6 is 0 Å². The molecule has 38 nitrogen and oxygen atoms in total. The van der Waals surface area contributed by atoms with Gasteiger partial charge in [-0.3, -0.25) is 57.5 Å². The topological polar surface area (TPSA) is 616 Å². The summed E-state index contributed by atoms with van der Waals surface area (Å²) in [6.07, 6.45) is -8.66. The maximum atomic E-state index is 14.9. The first-order valence-electron chi connectivity index (χ1n) is 33.2. The molecule has 0 saturated carbocycles. The number of β-amino-alcohol motifs (C(OH)–C–C–N with tert-alkyl or cyclic N) is 1. The molecule has 22 N–H and O–H groups in total. The number of carbonyl (C=O) groups is 13. The van der Waals surface area contributed by atoms with Gasteiger partial charge in [0.2, 0.25) is 41.5 Å². The lowest BCUT2D eigenvalue weighted by atomic mass is 9.78. The zero-order valence-electron chi connectivity index (χ0n) is 59.7. The molecule has 6 rings (SSSR count). The standard InChI is InChI=1S/C67H94N10O28/c1-23(2)33-19-36(81)35(22-78)73-61(95)34(72-65(99)46(66(100)101)77-62(96)37(82)21-70-63(97)42(31(10)79)74-64(98)45(76-60(33)94)52(88)53(89)57(68)91)20-69-59(93)30(9)71-43-44-51(87)40-39(50(43)86)41-55(29(8)49(40)85)105-67(12,56(41)90)103-18-17-38(102-13)26(5)54(104-32(11)80)28(7)48(84)27(6)47(83)24(3)15-14-16-25(4)58(92)75-44/h14-18,23-24,26-28,30-31,33-35,37-38,42,45-48,52-54,71,78-79,82-89H,19-22H2,1-13H3,(H2,68,91)(H,69,93)(H,70,97)(H,72,99)(H,73,95)(H,74,98)(H,75,92)(H,76,94)(H,77,96)(H,100,101)/b15-14+,18-17+,25-16-/t24-,26+,27+,28+,30?,31?,33?,34?,35?,37?,38-,42?,45?,46?,47-,48+,52?,53?,54+,67-/m0/s1. The molecule has 1 saturated heterocycles. The van der Waals surface area contributed by atoms with E-state index in [4.69, 9.17) is 24.7 Å². The molecule has 4 aliphatic rings.